The van der Waals surface area contributed by atoms with Crippen LogP contribution in [-0.2, 0) is 24.8 Å². The van der Waals surface area contributed by atoms with E-state index in [1.54, 1.807) is 9.58 Å². The molecular weight excluding hydrogens is 242 g/mol. The molecule has 6 heteroatoms. The lowest BCUT2D eigenvalue weighted by Crippen LogP contribution is -2.35. The maximum absolute atomic E-state index is 12.1. The molecule has 0 bridgehead atoms. The summed E-state index contributed by atoms with van der Waals surface area (Å²) >= 11 is 0. The van der Waals surface area contributed by atoms with Crippen LogP contribution in [0.25, 0.3) is 0 Å². The Bertz CT molecular complexity index is 634. The average Bonchev–Trinajstić information content (AvgIpc) is 2.78. The number of nitrogen functional groups attached to an aromatic ring is 1. The van der Waals surface area contributed by atoms with Gasteiger partial charge in [0.25, 0.3) is 0 Å². The summed E-state index contributed by atoms with van der Waals surface area (Å²) in [5.41, 5.74) is 8.56. The molecule has 0 aliphatic carbocycles. The fraction of sp³-hybridized carbons (Fsp3) is 0.308. The van der Waals surface area contributed by atoms with Crippen LogP contribution in [0.5, 0.6) is 0 Å². The summed E-state index contributed by atoms with van der Waals surface area (Å²) < 4.78 is 1.68. The summed E-state index contributed by atoms with van der Waals surface area (Å²) in [6.07, 6.45) is 2.75. The third kappa shape index (κ3) is 2.05. The van der Waals surface area contributed by atoms with Gasteiger partial charge in [-0.05, 0) is 30.2 Å². The zero-order chi connectivity index (χ0) is 13.4. The van der Waals surface area contributed by atoms with Crippen LogP contribution in [0, 0.1) is 0 Å². The zero-order valence-electron chi connectivity index (χ0n) is 10.7. The number of aryl methyl sites for hydroxylation is 2. The molecule has 19 heavy (non-hydrogen) atoms. The van der Waals surface area contributed by atoms with Crippen molar-refractivity contribution in [2.45, 2.75) is 19.4 Å². The van der Waals surface area contributed by atoms with E-state index in [0.29, 0.717) is 13.0 Å². The van der Waals surface area contributed by atoms with Crippen LogP contribution >= 0.6 is 0 Å². The second-order valence-corrected chi connectivity index (χ2v) is 4.67. The number of anilines is 2. The minimum absolute atomic E-state index is 0.111. The number of fused-ring (bicyclic) bond motifs is 1. The molecule has 98 valence electrons. The highest BCUT2D eigenvalue weighted by Gasteiger charge is 2.25. The van der Waals surface area contributed by atoms with Gasteiger partial charge in [-0.1, -0.05) is 0 Å². The first-order valence-corrected chi connectivity index (χ1v) is 6.17. The quantitative estimate of drug-likeness (QED) is 0.810. The van der Waals surface area contributed by atoms with E-state index >= 15 is 0 Å². The first-order chi connectivity index (χ1) is 9.15. The van der Waals surface area contributed by atoms with Crippen LogP contribution in [0.2, 0.25) is 0 Å². The zero-order valence-corrected chi connectivity index (χ0v) is 10.7. The number of benzene rings is 1. The Kier molecular flexibility index (Phi) is 2.70. The third-order valence-corrected chi connectivity index (χ3v) is 3.41. The minimum atomic E-state index is 0.111. The molecule has 6 nitrogen and oxygen atoms in total. The molecular formula is C13H15N5O. The highest BCUT2D eigenvalue weighted by Crippen LogP contribution is 2.30. The molecule has 0 radical (unpaired) electrons. The average molecular weight is 257 g/mol. The molecule has 0 saturated carbocycles. The first kappa shape index (κ1) is 11.7. The Hall–Kier alpha value is -2.37. The summed E-state index contributed by atoms with van der Waals surface area (Å²) in [5.74, 6) is 0.873. The van der Waals surface area contributed by atoms with Gasteiger partial charge in [-0.15, -0.1) is 0 Å². The van der Waals surface area contributed by atoms with Crippen LogP contribution in [0.1, 0.15) is 17.8 Å². The topological polar surface area (TPSA) is 77.0 Å². The predicted octanol–water partition coefficient (Wildman–Crippen LogP) is 0.877. The van der Waals surface area contributed by atoms with Crippen molar-refractivity contribution in [2.75, 3.05) is 10.6 Å². The van der Waals surface area contributed by atoms with Crippen molar-refractivity contribution in [1.29, 1.82) is 0 Å². The van der Waals surface area contributed by atoms with Gasteiger partial charge in [0.15, 0.2) is 0 Å². The molecule has 0 spiro atoms. The second-order valence-electron chi connectivity index (χ2n) is 4.67. The largest absolute Gasteiger partial charge is 0.399 e. The molecule has 1 aromatic heterocycles. The van der Waals surface area contributed by atoms with Gasteiger partial charge in [0.1, 0.15) is 12.2 Å². The van der Waals surface area contributed by atoms with Crippen molar-refractivity contribution in [3.05, 3.63) is 35.9 Å². The SMILES string of the molecule is Cn1ncnc1CN1C(=O)CCc2cc(N)ccc21. The van der Waals surface area contributed by atoms with Crippen molar-refractivity contribution < 1.29 is 4.79 Å². The molecule has 0 unspecified atom stereocenters. The smallest absolute Gasteiger partial charge is 0.227 e. The molecule has 0 fully saturated rings. The fourth-order valence-electron chi connectivity index (χ4n) is 2.36. The maximum Gasteiger partial charge on any atom is 0.227 e. The van der Waals surface area contributed by atoms with E-state index in [1.165, 1.54) is 6.33 Å². The van der Waals surface area contributed by atoms with Crippen molar-refractivity contribution in [3.8, 4) is 0 Å². The number of rotatable bonds is 2. The molecule has 1 aliphatic rings. The third-order valence-electron chi connectivity index (χ3n) is 3.41. The van der Waals surface area contributed by atoms with Gasteiger partial charge < -0.3 is 10.6 Å². The van der Waals surface area contributed by atoms with Crippen LogP contribution < -0.4 is 10.6 Å². The lowest BCUT2D eigenvalue weighted by molar-refractivity contribution is -0.119. The Morgan fingerprint density at radius 3 is 2.95 bits per heavy atom. The Morgan fingerprint density at radius 2 is 2.21 bits per heavy atom. The van der Waals surface area contributed by atoms with E-state index < -0.39 is 0 Å². The van der Waals surface area contributed by atoms with Gasteiger partial charge in [-0.2, -0.15) is 5.10 Å². The maximum atomic E-state index is 12.1. The number of carbonyl (C=O) groups excluding carboxylic acids is 1. The molecule has 0 atom stereocenters. The monoisotopic (exact) mass is 257 g/mol. The van der Waals surface area contributed by atoms with Crippen LogP contribution in [0.4, 0.5) is 11.4 Å². The van der Waals surface area contributed by atoms with E-state index in [2.05, 4.69) is 10.1 Å². The van der Waals surface area contributed by atoms with Crippen molar-refractivity contribution >= 4 is 17.3 Å². The van der Waals surface area contributed by atoms with Crippen molar-refractivity contribution in [1.82, 2.24) is 14.8 Å². The lowest BCUT2D eigenvalue weighted by Gasteiger charge is -2.29. The molecule has 1 aromatic carbocycles. The molecule has 1 amide bonds. The second kappa shape index (κ2) is 4.38. The highest BCUT2D eigenvalue weighted by molar-refractivity contribution is 5.96. The summed E-state index contributed by atoms with van der Waals surface area (Å²) in [6, 6.07) is 5.66. The summed E-state index contributed by atoms with van der Waals surface area (Å²) in [6.45, 7) is 0.437. The molecule has 2 aromatic rings. The molecule has 2 heterocycles. The minimum Gasteiger partial charge on any atom is -0.399 e. The van der Waals surface area contributed by atoms with E-state index in [-0.39, 0.29) is 5.91 Å². The number of amides is 1. The molecule has 3 rings (SSSR count). The summed E-state index contributed by atoms with van der Waals surface area (Å²) in [5, 5.41) is 4.02. The highest BCUT2D eigenvalue weighted by atomic mass is 16.2. The Balaban J connectivity index is 1.97. The van der Waals surface area contributed by atoms with Gasteiger partial charge in [0.2, 0.25) is 5.91 Å². The van der Waals surface area contributed by atoms with Crippen LogP contribution in [0.3, 0.4) is 0 Å². The number of nitrogens with two attached hydrogens (primary N) is 1. The predicted molar refractivity (Wildman–Crippen MR) is 71.4 cm³/mol. The molecule has 1 aliphatic heterocycles. The van der Waals surface area contributed by atoms with Crippen molar-refractivity contribution in [3.63, 3.8) is 0 Å². The lowest BCUT2D eigenvalue weighted by atomic mass is 10.0. The number of nitrogens with zero attached hydrogens (tertiary/aromatic N) is 4. The molecule has 2 N–H and O–H groups in total. The van der Waals surface area contributed by atoms with Gasteiger partial charge >= 0.3 is 0 Å². The Labute approximate surface area is 110 Å². The first-order valence-electron chi connectivity index (χ1n) is 6.17. The van der Waals surface area contributed by atoms with Gasteiger partial charge in [0, 0.05) is 24.8 Å². The summed E-state index contributed by atoms with van der Waals surface area (Å²) in [7, 11) is 1.82. The van der Waals surface area contributed by atoms with Crippen molar-refractivity contribution in [2.24, 2.45) is 7.05 Å². The number of carbonyl (C=O) groups is 1. The summed E-state index contributed by atoms with van der Waals surface area (Å²) in [4.78, 5) is 18.0. The van der Waals surface area contributed by atoms with Gasteiger partial charge in [-0.3, -0.25) is 9.48 Å². The number of hydrogen-bond donors (Lipinski definition) is 1. The van der Waals surface area contributed by atoms with E-state index in [9.17, 15) is 4.79 Å². The number of aromatic nitrogens is 3. The van der Waals surface area contributed by atoms with Gasteiger partial charge in [-0.25, -0.2) is 4.98 Å². The van der Waals surface area contributed by atoms with Crippen LogP contribution in [0.15, 0.2) is 24.5 Å². The standard InChI is InChI=1S/C13H15N5O/c1-17-12(15-8-16-17)7-18-11-4-3-10(14)6-9(11)2-5-13(18)19/h3-4,6,8H,2,5,7,14H2,1H3. The number of hydrogen-bond acceptors (Lipinski definition) is 4. The Morgan fingerprint density at radius 1 is 1.37 bits per heavy atom. The van der Waals surface area contributed by atoms with E-state index in [4.69, 9.17) is 5.73 Å². The van der Waals surface area contributed by atoms with Crippen LogP contribution in [-0.4, -0.2) is 20.7 Å². The van der Waals surface area contributed by atoms with Gasteiger partial charge in [0.05, 0.1) is 6.54 Å². The van der Waals surface area contributed by atoms with E-state index in [0.717, 1.165) is 29.2 Å². The fourth-order valence-corrected chi connectivity index (χ4v) is 2.36. The normalized spacial score (nSPS) is 14.6. The molecule has 0 saturated heterocycles. The van der Waals surface area contributed by atoms with E-state index in [1.807, 2.05) is 25.2 Å².